The number of pyridine rings is 1. The van der Waals surface area contributed by atoms with E-state index in [0.717, 1.165) is 31.1 Å². The Morgan fingerprint density at radius 2 is 2.00 bits per heavy atom. The van der Waals surface area contributed by atoms with E-state index in [1.165, 1.54) is 0 Å². The first-order chi connectivity index (χ1) is 14.5. The maximum atomic E-state index is 12.6. The Morgan fingerprint density at radius 3 is 2.77 bits per heavy atom. The Kier molecular flexibility index (Phi) is 5.86. The maximum Gasteiger partial charge on any atom is 0.252 e. The zero-order valence-electron chi connectivity index (χ0n) is 17.6. The van der Waals surface area contributed by atoms with E-state index >= 15 is 0 Å². The molecule has 1 aliphatic heterocycles. The van der Waals surface area contributed by atoms with Crippen LogP contribution in [0.15, 0.2) is 36.8 Å². The molecule has 10 heteroatoms. The number of nitrogens with zero attached hydrogens (tertiary/aromatic N) is 8. The molecule has 4 heterocycles. The predicted octanol–water partition coefficient (Wildman–Crippen LogP) is 0.304. The SMILES string of the molecule is CN(C)CCNC(=O)c1ccc2nnc([C@@H]3CN(c4ncccn4)CCN3C)n2c1. The number of carbonyl (C=O) groups is 1. The van der Waals surface area contributed by atoms with Crippen molar-refractivity contribution in [2.45, 2.75) is 6.04 Å². The van der Waals surface area contributed by atoms with E-state index in [-0.39, 0.29) is 11.9 Å². The number of nitrogens with one attached hydrogen (secondary N) is 1. The molecule has 0 aromatic carbocycles. The third kappa shape index (κ3) is 4.24. The van der Waals surface area contributed by atoms with E-state index in [2.05, 4.69) is 42.3 Å². The fourth-order valence-corrected chi connectivity index (χ4v) is 3.55. The maximum absolute atomic E-state index is 12.6. The van der Waals surface area contributed by atoms with Gasteiger partial charge in [-0.25, -0.2) is 9.97 Å². The van der Waals surface area contributed by atoms with Crippen molar-refractivity contribution in [2.24, 2.45) is 0 Å². The van der Waals surface area contributed by atoms with Crippen molar-refractivity contribution >= 4 is 17.5 Å². The van der Waals surface area contributed by atoms with Crippen LogP contribution in [0.25, 0.3) is 5.65 Å². The molecule has 10 nitrogen and oxygen atoms in total. The first-order valence-electron chi connectivity index (χ1n) is 10.0. The van der Waals surface area contributed by atoms with Gasteiger partial charge in [-0.05, 0) is 39.3 Å². The number of carbonyl (C=O) groups excluding carboxylic acids is 1. The molecule has 1 fully saturated rings. The van der Waals surface area contributed by atoms with Crippen LogP contribution in [0.4, 0.5) is 5.95 Å². The molecule has 158 valence electrons. The third-order valence-electron chi connectivity index (χ3n) is 5.32. The van der Waals surface area contributed by atoms with Crippen LogP contribution in [-0.4, -0.2) is 94.1 Å². The van der Waals surface area contributed by atoms with Crippen LogP contribution in [-0.2, 0) is 0 Å². The molecule has 0 aliphatic carbocycles. The standard InChI is InChI=1S/C20H27N9O/c1-26(2)10-9-21-19(30)15-5-6-17-24-25-18(29(17)13-15)16-14-28(12-11-27(16)3)20-22-7-4-8-23-20/h4-8,13,16H,9-12,14H2,1-3H3,(H,21,30)/t16-/m0/s1. The zero-order chi connectivity index (χ0) is 21.1. The summed E-state index contributed by atoms with van der Waals surface area (Å²) in [5.74, 6) is 1.41. The number of amides is 1. The number of rotatable bonds is 6. The van der Waals surface area contributed by atoms with Gasteiger partial charge >= 0.3 is 0 Å². The second kappa shape index (κ2) is 8.72. The molecule has 0 spiro atoms. The number of hydrogen-bond acceptors (Lipinski definition) is 8. The lowest BCUT2D eigenvalue weighted by Gasteiger charge is -2.38. The highest BCUT2D eigenvalue weighted by atomic mass is 16.1. The highest BCUT2D eigenvalue weighted by molar-refractivity contribution is 5.94. The van der Waals surface area contributed by atoms with E-state index < -0.39 is 0 Å². The molecule has 1 aliphatic rings. The van der Waals surface area contributed by atoms with E-state index in [0.29, 0.717) is 24.6 Å². The van der Waals surface area contributed by atoms with Crippen molar-refractivity contribution in [3.63, 3.8) is 0 Å². The summed E-state index contributed by atoms with van der Waals surface area (Å²) in [4.78, 5) is 27.8. The van der Waals surface area contributed by atoms with E-state index in [1.807, 2.05) is 41.7 Å². The van der Waals surface area contributed by atoms with E-state index in [1.54, 1.807) is 18.5 Å². The number of anilines is 1. The molecular weight excluding hydrogens is 382 g/mol. The highest BCUT2D eigenvalue weighted by Crippen LogP contribution is 2.25. The van der Waals surface area contributed by atoms with Gasteiger partial charge in [-0.2, -0.15) is 0 Å². The van der Waals surface area contributed by atoms with Gasteiger partial charge in [0, 0.05) is 51.3 Å². The van der Waals surface area contributed by atoms with E-state index in [9.17, 15) is 4.79 Å². The average Bonchev–Trinajstić information content (AvgIpc) is 3.17. The summed E-state index contributed by atoms with van der Waals surface area (Å²) >= 11 is 0. The molecule has 1 saturated heterocycles. The average molecular weight is 409 g/mol. The first kappa shape index (κ1) is 20.2. The minimum Gasteiger partial charge on any atom is -0.351 e. The van der Waals surface area contributed by atoms with Crippen LogP contribution in [0.5, 0.6) is 0 Å². The van der Waals surface area contributed by atoms with Gasteiger partial charge in [-0.1, -0.05) is 0 Å². The molecular formula is C20H27N9O. The Bertz CT molecular complexity index is 1000. The van der Waals surface area contributed by atoms with Crippen molar-refractivity contribution in [2.75, 3.05) is 58.8 Å². The molecule has 0 saturated carbocycles. The van der Waals surface area contributed by atoms with Gasteiger partial charge in [0.2, 0.25) is 5.95 Å². The van der Waals surface area contributed by atoms with Crippen LogP contribution in [0.2, 0.25) is 0 Å². The normalized spacial score (nSPS) is 17.6. The van der Waals surface area contributed by atoms with Crippen LogP contribution in [0, 0.1) is 0 Å². The van der Waals surface area contributed by atoms with Gasteiger partial charge < -0.3 is 15.1 Å². The van der Waals surface area contributed by atoms with Crippen molar-refractivity contribution in [1.82, 2.24) is 39.7 Å². The summed E-state index contributed by atoms with van der Waals surface area (Å²) in [5.41, 5.74) is 1.31. The summed E-state index contributed by atoms with van der Waals surface area (Å²) in [6.07, 6.45) is 5.33. The Morgan fingerprint density at radius 1 is 1.20 bits per heavy atom. The number of fused-ring (bicyclic) bond motifs is 1. The Labute approximate surface area is 175 Å². The van der Waals surface area contributed by atoms with Gasteiger partial charge in [-0.15, -0.1) is 10.2 Å². The summed E-state index contributed by atoms with van der Waals surface area (Å²) in [5, 5.41) is 11.7. The van der Waals surface area contributed by atoms with Gasteiger partial charge in [0.1, 0.15) is 0 Å². The summed E-state index contributed by atoms with van der Waals surface area (Å²) in [7, 11) is 6.03. The molecule has 0 bridgehead atoms. The van der Waals surface area contributed by atoms with Gasteiger partial charge in [0.25, 0.3) is 5.91 Å². The van der Waals surface area contributed by atoms with Crippen molar-refractivity contribution in [3.05, 3.63) is 48.2 Å². The molecule has 3 aromatic heterocycles. The minimum atomic E-state index is -0.102. The quantitative estimate of drug-likeness (QED) is 0.621. The lowest BCUT2D eigenvalue weighted by Crippen LogP contribution is -2.47. The molecule has 4 rings (SSSR count). The molecule has 0 unspecified atom stereocenters. The fourth-order valence-electron chi connectivity index (χ4n) is 3.55. The first-order valence-corrected chi connectivity index (χ1v) is 10.0. The summed E-state index contributed by atoms with van der Waals surface area (Å²) in [6.45, 7) is 3.77. The lowest BCUT2D eigenvalue weighted by atomic mass is 10.1. The number of piperazine rings is 1. The highest BCUT2D eigenvalue weighted by Gasteiger charge is 2.30. The molecule has 1 N–H and O–H groups in total. The monoisotopic (exact) mass is 409 g/mol. The number of likely N-dealkylation sites (N-methyl/N-ethyl adjacent to an activating group) is 2. The Hall–Kier alpha value is -3.11. The zero-order valence-corrected chi connectivity index (χ0v) is 17.6. The topological polar surface area (TPSA) is 94.8 Å². The van der Waals surface area contributed by atoms with Crippen molar-refractivity contribution in [1.29, 1.82) is 0 Å². The third-order valence-corrected chi connectivity index (χ3v) is 5.32. The predicted molar refractivity (Wildman–Crippen MR) is 113 cm³/mol. The van der Waals surface area contributed by atoms with E-state index in [4.69, 9.17) is 0 Å². The summed E-state index contributed by atoms with van der Waals surface area (Å²) in [6, 6.07) is 5.43. The van der Waals surface area contributed by atoms with Crippen LogP contribution in [0.1, 0.15) is 22.2 Å². The van der Waals surface area contributed by atoms with Gasteiger partial charge in [0.05, 0.1) is 11.6 Å². The van der Waals surface area contributed by atoms with Crippen molar-refractivity contribution in [3.8, 4) is 0 Å². The minimum absolute atomic E-state index is 0.00427. The number of hydrogen-bond donors (Lipinski definition) is 1. The van der Waals surface area contributed by atoms with Gasteiger partial charge in [0.15, 0.2) is 11.5 Å². The largest absolute Gasteiger partial charge is 0.351 e. The fraction of sp³-hybridized carbons (Fsp3) is 0.450. The lowest BCUT2D eigenvalue weighted by molar-refractivity contribution is 0.0950. The van der Waals surface area contributed by atoms with Gasteiger partial charge in [-0.3, -0.25) is 14.1 Å². The molecule has 3 aromatic rings. The van der Waals surface area contributed by atoms with Crippen LogP contribution >= 0.6 is 0 Å². The number of aromatic nitrogens is 5. The Balaban J connectivity index is 1.57. The second-order valence-electron chi connectivity index (χ2n) is 7.75. The smallest absolute Gasteiger partial charge is 0.252 e. The molecule has 30 heavy (non-hydrogen) atoms. The van der Waals surface area contributed by atoms with Crippen LogP contribution in [0.3, 0.4) is 0 Å². The summed E-state index contributed by atoms with van der Waals surface area (Å²) < 4.78 is 1.91. The van der Waals surface area contributed by atoms with Crippen molar-refractivity contribution < 1.29 is 4.79 Å². The van der Waals surface area contributed by atoms with Crippen LogP contribution < -0.4 is 10.2 Å². The second-order valence-corrected chi connectivity index (χ2v) is 7.75. The molecule has 1 atom stereocenters. The molecule has 1 amide bonds. The molecule has 0 radical (unpaired) electrons.